The number of benzene rings is 1. The lowest BCUT2D eigenvalue weighted by Gasteiger charge is -2.09. The number of sulfonamides is 1. The summed E-state index contributed by atoms with van der Waals surface area (Å²) in [6.07, 6.45) is 0. The number of hydrogen-bond donors (Lipinski definition) is 2. The summed E-state index contributed by atoms with van der Waals surface area (Å²) in [5.41, 5.74) is -1.29. The van der Waals surface area contributed by atoms with Crippen molar-refractivity contribution in [3.63, 3.8) is 0 Å². The Morgan fingerprint density at radius 2 is 1.86 bits per heavy atom. The molecule has 0 aliphatic heterocycles. The number of anilines is 1. The minimum Gasteiger partial charge on any atom is -0.478 e. The van der Waals surface area contributed by atoms with Gasteiger partial charge in [-0.1, -0.05) is 11.6 Å². The molecule has 0 fully saturated rings. The maximum Gasteiger partial charge on any atom is 0.337 e. The summed E-state index contributed by atoms with van der Waals surface area (Å²) in [6, 6.07) is 3.41. The summed E-state index contributed by atoms with van der Waals surface area (Å²) >= 11 is 6.36. The van der Waals surface area contributed by atoms with E-state index in [-0.39, 0.29) is 8.55 Å². The largest absolute Gasteiger partial charge is 0.478 e. The number of thiophene rings is 1. The molecule has 2 aromatic rings. The van der Waals surface area contributed by atoms with E-state index in [1.165, 1.54) is 12.1 Å². The molecule has 2 N–H and O–H groups in total. The second kappa shape index (κ2) is 5.58. The molecule has 0 amide bonds. The van der Waals surface area contributed by atoms with Gasteiger partial charge in [-0.3, -0.25) is 4.72 Å². The molecule has 1 aromatic carbocycles. The molecule has 0 saturated heterocycles. The Morgan fingerprint density at radius 1 is 1.24 bits per heavy atom. The highest BCUT2D eigenvalue weighted by atomic mass is 35.5. The Hall–Kier alpha value is -1.71. The van der Waals surface area contributed by atoms with Crippen molar-refractivity contribution in [2.45, 2.75) is 4.21 Å². The van der Waals surface area contributed by atoms with Crippen LogP contribution >= 0.6 is 22.9 Å². The van der Waals surface area contributed by atoms with Crippen LogP contribution in [0.4, 0.5) is 14.5 Å². The van der Waals surface area contributed by atoms with Crippen molar-refractivity contribution in [2.75, 3.05) is 4.72 Å². The number of carboxylic acid groups (broad SMARTS) is 1. The van der Waals surface area contributed by atoms with Crippen LogP contribution in [0.5, 0.6) is 0 Å². The van der Waals surface area contributed by atoms with Crippen LogP contribution in [-0.4, -0.2) is 19.5 Å². The fourth-order valence-electron chi connectivity index (χ4n) is 1.45. The quantitative estimate of drug-likeness (QED) is 0.884. The number of carbonyl (C=O) groups is 1. The summed E-state index contributed by atoms with van der Waals surface area (Å²) in [4.78, 5) is 11.0. The predicted molar refractivity (Wildman–Crippen MR) is 73.5 cm³/mol. The van der Waals surface area contributed by atoms with E-state index >= 15 is 0 Å². The molecule has 0 aliphatic carbocycles. The van der Waals surface area contributed by atoms with Crippen LogP contribution in [0.3, 0.4) is 0 Å². The molecule has 21 heavy (non-hydrogen) atoms. The van der Waals surface area contributed by atoms with Crippen LogP contribution in [0.15, 0.2) is 28.5 Å². The van der Waals surface area contributed by atoms with E-state index in [0.717, 1.165) is 11.3 Å². The van der Waals surface area contributed by atoms with Gasteiger partial charge in [0.1, 0.15) is 4.21 Å². The van der Waals surface area contributed by atoms with E-state index in [4.69, 9.17) is 16.7 Å². The average Bonchev–Trinajstić information content (AvgIpc) is 2.80. The Bertz CT molecular complexity index is 820. The molecule has 2 rings (SSSR count). The third-order valence-electron chi connectivity index (χ3n) is 2.35. The van der Waals surface area contributed by atoms with Gasteiger partial charge in [-0.05, 0) is 18.2 Å². The molecule has 0 aliphatic rings. The Balaban J connectivity index is 2.48. The van der Waals surface area contributed by atoms with Crippen LogP contribution in [0, 0.1) is 11.6 Å². The van der Waals surface area contributed by atoms with Gasteiger partial charge in [0, 0.05) is 6.07 Å². The smallest absolute Gasteiger partial charge is 0.337 e. The lowest BCUT2D eigenvalue weighted by atomic mass is 10.2. The predicted octanol–water partition coefficient (Wildman–Crippen LogP) is 3.18. The maximum atomic E-state index is 13.2. The lowest BCUT2D eigenvalue weighted by Crippen LogP contribution is -2.15. The van der Waals surface area contributed by atoms with Crippen LogP contribution < -0.4 is 4.72 Å². The number of rotatable bonds is 4. The monoisotopic (exact) mass is 353 g/mol. The molecule has 112 valence electrons. The van der Waals surface area contributed by atoms with E-state index < -0.39 is 38.9 Å². The van der Waals surface area contributed by atoms with Crippen LogP contribution in [0.1, 0.15) is 10.4 Å². The first kappa shape index (κ1) is 15.7. The van der Waals surface area contributed by atoms with Crippen molar-refractivity contribution in [1.82, 2.24) is 0 Å². The van der Waals surface area contributed by atoms with Gasteiger partial charge in [-0.25, -0.2) is 22.0 Å². The summed E-state index contributed by atoms with van der Waals surface area (Å²) in [6.45, 7) is 0. The normalized spacial score (nSPS) is 11.4. The van der Waals surface area contributed by atoms with E-state index in [1.54, 1.807) is 0 Å². The topological polar surface area (TPSA) is 83.5 Å². The molecule has 0 spiro atoms. The average molecular weight is 354 g/mol. The second-order valence-electron chi connectivity index (χ2n) is 3.78. The molecule has 0 bridgehead atoms. The highest BCUT2D eigenvalue weighted by molar-refractivity contribution is 7.94. The van der Waals surface area contributed by atoms with Crippen molar-refractivity contribution in [2.24, 2.45) is 0 Å². The van der Waals surface area contributed by atoms with Crippen molar-refractivity contribution in [3.05, 3.63) is 45.8 Å². The Morgan fingerprint density at radius 3 is 2.38 bits per heavy atom. The minimum absolute atomic E-state index is 0.187. The zero-order chi connectivity index (χ0) is 15.8. The van der Waals surface area contributed by atoms with Gasteiger partial charge in [0.2, 0.25) is 0 Å². The van der Waals surface area contributed by atoms with Gasteiger partial charge in [0.25, 0.3) is 10.0 Å². The lowest BCUT2D eigenvalue weighted by molar-refractivity contribution is 0.0697. The first-order chi connectivity index (χ1) is 9.70. The molecular weight excluding hydrogens is 348 g/mol. The molecule has 5 nitrogen and oxygen atoms in total. The van der Waals surface area contributed by atoms with Gasteiger partial charge in [-0.2, -0.15) is 0 Å². The summed E-state index contributed by atoms with van der Waals surface area (Å²) in [5.74, 6) is -4.37. The molecule has 0 saturated carbocycles. The van der Waals surface area contributed by atoms with Gasteiger partial charge in [-0.15, -0.1) is 11.3 Å². The molecule has 0 radical (unpaired) electrons. The van der Waals surface area contributed by atoms with E-state index in [9.17, 15) is 22.0 Å². The summed E-state index contributed by atoms with van der Waals surface area (Å²) < 4.78 is 52.2. The molecule has 10 heteroatoms. The Kier molecular flexibility index (Phi) is 4.17. The van der Waals surface area contributed by atoms with Gasteiger partial charge in [0.05, 0.1) is 15.6 Å². The Labute approximate surface area is 126 Å². The number of aromatic carboxylic acids is 1. The van der Waals surface area contributed by atoms with Crippen molar-refractivity contribution in [1.29, 1.82) is 0 Å². The third kappa shape index (κ3) is 3.31. The molecular formula is C11H6ClF2NO4S2. The van der Waals surface area contributed by atoms with Crippen LogP contribution in [-0.2, 0) is 10.0 Å². The molecule has 1 aromatic heterocycles. The van der Waals surface area contributed by atoms with Gasteiger partial charge >= 0.3 is 5.97 Å². The first-order valence-corrected chi connectivity index (χ1v) is 7.89. The highest BCUT2D eigenvalue weighted by Crippen LogP contribution is 2.29. The maximum absolute atomic E-state index is 13.2. The van der Waals surface area contributed by atoms with Crippen LogP contribution in [0.25, 0.3) is 0 Å². The van der Waals surface area contributed by atoms with Crippen molar-refractivity contribution < 1.29 is 27.1 Å². The number of hydrogen-bond acceptors (Lipinski definition) is 4. The highest BCUT2D eigenvalue weighted by Gasteiger charge is 2.22. The summed E-state index contributed by atoms with van der Waals surface area (Å²) in [5, 5.41) is 8.91. The van der Waals surface area contributed by atoms with Gasteiger partial charge < -0.3 is 5.11 Å². The SMILES string of the molecule is O=C(O)c1cc(F)c(F)cc1NS(=O)(=O)c1ccc(Cl)s1. The molecule has 1 heterocycles. The summed E-state index contributed by atoms with van der Waals surface area (Å²) in [7, 11) is -4.15. The van der Waals surface area contributed by atoms with Crippen molar-refractivity contribution >= 4 is 44.6 Å². The standard InChI is InChI=1S/C11H6ClF2NO4S2/c12-9-1-2-10(20-9)21(18,19)15-8-4-7(14)6(13)3-5(8)11(16)17/h1-4,15H,(H,16,17). The van der Waals surface area contributed by atoms with E-state index in [0.29, 0.717) is 12.1 Å². The van der Waals surface area contributed by atoms with E-state index in [2.05, 4.69) is 0 Å². The van der Waals surface area contributed by atoms with Gasteiger partial charge in [0.15, 0.2) is 11.6 Å². The minimum atomic E-state index is -4.15. The van der Waals surface area contributed by atoms with E-state index in [1.807, 2.05) is 4.72 Å². The third-order valence-corrected chi connectivity index (χ3v) is 5.44. The number of carboxylic acids is 1. The molecule has 0 unspecified atom stereocenters. The fourth-order valence-corrected chi connectivity index (χ4v) is 4.00. The second-order valence-corrected chi connectivity index (χ2v) is 7.41. The zero-order valence-electron chi connectivity index (χ0n) is 9.93. The first-order valence-electron chi connectivity index (χ1n) is 5.21. The van der Waals surface area contributed by atoms with Crippen molar-refractivity contribution in [3.8, 4) is 0 Å². The zero-order valence-corrected chi connectivity index (χ0v) is 12.3. The number of nitrogens with one attached hydrogen (secondary N) is 1. The van der Waals surface area contributed by atoms with Crippen LogP contribution in [0.2, 0.25) is 4.34 Å². The fraction of sp³-hybridized carbons (Fsp3) is 0. The molecule has 0 atom stereocenters. The number of halogens is 3.